The number of carbonyl (C=O) groups is 1. The highest BCUT2D eigenvalue weighted by molar-refractivity contribution is 9.10. The van der Waals surface area contributed by atoms with E-state index in [4.69, 9.17) is 12.2 Å². The van der Waals surface area contributed by atoms with Crippen LogP contribution in [0.5, 0.6) is 0 Å². The average molecular weight is 479 g/mol. The van der Waals surface area contributed by atoms with Crippen LogP contribution in [0.25, 0.3) is 0 Å². The topological polar surface area (TPSA) is 67.2 Å². The zero-order valence-corrected chi connectivity index (χ0v) is 18.2. The van der Waals surface area contributed by atoms with Gasteiger partial charge >= 0.3 is 0 Å². The molecule has 0 aromatic carbocycles. The molecule has 2 aliphatic heterocycles. The smallest absolute Gasteiger partial charge is 0.250 e. The molecule has 2 aromatic rings. The third-order valence-electron chi connectivity index (χ3n) is 5.06. The summed E-state index contributed by atoms with van der Waals surface area (Å²) in [6, 6.07) is 9.08. The van der Waals surface area contributed by atoms with Gasteiger partial charge in [-0.25, -0.2) is 4.98 Å². The number of nitrogens with one attached hydrogen (secondary N) is 1. The molecule has 2 aromatic heterocycles. The molecule has 0 radical (unpaired) electrons. The van der Waals surface area contributed by atoms with Crippen LogP contribution >= 0.6 is 39.9 Å². The first-order valence-corrected chi connectivity index (χ1v) is 11.2. The van der Waals surface area contributed by atoms with Gasteiger partial charge in [-0.05, 0) is 46.5 Å². The molecule has 1 saturated heterocycles. The molecule has 0 saturated carbocycles. The number of carbonyl (C=O) groups excluding carboxylic acids is 1. The number of thioether (sulfide) groups is 1. The number of likely N-dealkylation sites (tertiary alicyclic amines) is 1. The second-order valence-electron chi connectivity index (χ2n) is 7.07. The summed E-state index contributed by atoms with van der Waals surface area (Å²) >= 11 is 10.3. The summed E-state index contributed by atoms with van der Waals surface area (Å²) in [5.41, 5.74) is 1.18. The molecule has 0 aliphatic carbocycles. The Labute approximate surface area is 180 Å². The van der Waals surface area contributed by atoms with Crippen molar-refractivity contribution in [2.24, 2.45) is 5.92 Å². The monoisotopic (exact) mass is 478 g/mol. The van der Waals surface area contributed by atoms with E-state index < -0.39 is 0 Å². The maximum Gasteiger partial charge on any atom is 0.250 e. The number of anilines is 1. The molecule has 6 nitrogen and oxygen atoms in total. The van der Waals surface area contributed by atoms with Crippen molar-refractivity contribution in [3.63, 3.8) is 0 Å². The van der Waals surface area contributed by atoms with Crippen LogP contribution in [-0.2, 0) is 11.3 Å². The number of nitrogens with zero attached hydrogens (tertiary/aromatic N) is 3. The molecule has 2 bridgehead atoms. The van der Waals surface area contributed by atoms with Crippen LogP contribution in [0.4, 0.5) is 5.82 Å². The number of thiocarbonyl (C=S) groups is 1. The van der Waals surface area contributed by atoms with E-state index in [0.29, 0.717) is 17.7 Å². The van der Waals surface area contributed by atoms with E-state index in [0.717, 1.165) is 40.5 Å². The minimum Gasteiger partial charge on any atom is -0.356 e. The van der Waals surface area contributed by atoms with Crippen LogP contribution in [-0.4, -0.2) is 43.5 Å². The summed E-state index contributed by atoms with van der Waals surface area (Å²) in [5, 5.41) is 2.78. The third kappa shape index (κ3) is 4.31. The van der Waals surface area contributed by atoms with Crippen LogP contribution in [0, 0.1) is 5.92 Å². The van der Waals surface area contributed by atoms with Gasteiger partial charge in [0.25, 0.3) is 5.56 Å². The van der Waals surface area contributed by atoms with Crippen molar-refractivity contribution in [1.29, 1.82) is 0 Å². The zero-order chi connectivity index (χ0) is 19.7. The lowest BCUT2D eigenvalue weighted by Gasteiger charge is -2.43. The molecule has 1 N–H and O–H groups in total. The number of amides is 1. The van der Waals surface area contributed by atoms with E-state index in [2.05, 4.69) is 31.1 Å². The SMILES string of the molecule is O=C(CSC(=S)N1C[C@H]2C[C@H](C1)c1cccc(=O)n1C2)Nc1ccc(Br)cn1. The minimum atomic E-state index is -0.128. The van der Waals surface area contributed by atoms with Gasteiger partial charge in [0, 0.05) is 48.0 Å². The summed E-state index contributed by atoms with van der Waals surface area (Å²) in [7, 11) is 0. The molecule has 4 rings (SSSR count). The summed E-state index contributed by atoms with van der Waals surface area (Å²) in [6.45, 7) is 2.37. The fourth-order valence-electron chi connectivity index (χ4n) is 3.89. The number of hydrogen-bond acceptors (Lipinski definition) is 5. The van der Waals surface area contributed by atoms with Crippen molar-refractivity contribution in [3.05, 3.63) is 57.0 Å². The van der Waals surface area contributed by atoms with Gasteiger partial charge in [-0.15, -0.1) is 0 Å². The Hall–Kier alpha value is -1.71. The Balaban J connectivity index is 1.34. The molecule has 9 heteroatoms. The lowest BCUT2D eigenvalue weighted by atomic mass is 9.83. The zero-order valence-electron chi connectivity index (χ0n) is 15.0. The van der Waals surface area contributed by atoms with E-state index >= 15 is 0 Å². The molecule has 0 spiro atoms. The van der Waals surface area contributed by atoms with Crippen LogP contribution < -0.4 is 10.9 Å². The Morgan fingerprint density at radius 2 is 2.14 bits per heavy atom. The van der Waals surface area contributed by atoms with E-state index in [1.54, 1.807) is 18.3 Å². The van der Waals surface area contributed by atoms with Gasteiger partial charge in [-0.1, -0.05) is 30.0 Å². The number of rotatable bonds is 3. The number of hydrogen-bond donors (Lipinski definition) is 1. The molecule has 1 fully saturated rings. The predicted octanol–water partition coefficient (Wildman–Crippen LogP) is 3.08. The highest BCUT2D eigenvalue weighted by atomic mass is 79.9. The van der Waals surface area contributed by atoms with E-state index in [1.807, 2.05) is 22.8 Å². The fraction of sp³-hybridized carbons (Fsp3) is 0.368. The first-order valence-electron chi connectivity index (χ1n) is 9.02. The Bertz CT molecular complexity index is 963. The van der Waals surface area contributed by atoms with Crippen LogP contribution in [0.3, 0.4) is 0 Å². The lowest BCUT2D eigenvalue weighted by Crippen LogP contribution is -2.48. The van der Waals surface area contributed by atoms with E-state index in [9.17, 15) is 9.59 Å². The highest BCUT2D eigenvalue weighted by Gasteiger charge is 2.35. The Morgan fingerprint density at radius 1 is 1.29 bits per heavy atom. The van der Waals surface area contributed by atoms with Crippen molar-refractivity contribution in [3.8, 4) is 0 Å². The van der Waals surface area contributed by atoms with Gasteiger partial charge in [0.15, 0.2) is 0 Å². The first kappa shape index (κ1) is 19.6. The van der Waals surface area contributed by atoms with Gasteiger partial charge in [0.05, 0.1) is 5.75 Å². The van der Waals surface area contributed by atoms with Gasteiger partial charge in [-0.2, -0.15) is 0 Å². The highest BCUT2D eigenvalue weighted by Crippen LogP contribution is 2.36. The maximum atomic E-state index is 12.2. The fourth-order valence-corrected chi connectivity index (χ4v) is 5.11. The third-order valence-corrected chi connectivity index (χ3v) is 7.05. The van der Waals surface area contributed by atoms with Crippen molar-refractivity contribution < 1.29 is 4.79 Å². The van der Waals surface area contributed by atoms with Gasteiger partial charge in [-0.3, -0.25) is 9.59 Å². The minimum absolute atomic E-state index is 0.0795. The molecular formula is C19H19BrN4O2S2. The summed E-state index contributed by atoms with van der Waals surface area (Å²) in [6.07, 6.45) is 2.73. The molecule has 146 valence electrons. The Kier molecular flexibility index (Phi) is 5.84. The molecule has 0 unspecified atom stereocenters. The standard InChI is InChI=1S/C19H19BrN4O2S2/c20-14-4-5-16(21-7-14)22-17(25)11-28-19(27)23-8-12-6-13(10-23)15-2-1-3-18(26)24(15)9-12/h1-5,7,12-13H,6,8-11H2,(H,21,22,25)/t12-,13-/m1/s1. The van der Waals surface area contributed by atoms with E-state index in [1.165, 1.54) is 11.8 Å². The number of pyridine rings is 2. The molecule has 2 aliphatic rings. The van der Waals surface area contributed by atoms with Gasteiger partial charge in [0.2, 0.25) is 5.91 Å². The van der Waals surface area contributed by atoms with Gasteiger partial charge in [0.1, 0.15) is 10.1 Å². The second kappa shape index (κ2) is 8.34. The quantitative estimate of drug-likeness (QED) is 0.683. The van der Waals surface area contributed by atoms with Crippen molar-refractivity contribution >= 4 is 56.0 Å². The van der Waals surface area contributed by atoms with Crippen LogP contribution in [0.2, 0.25) is 0 Å². The molecular weight excluding hydrogens is 460 g/mol. The number of fused-ring (bicyclic) bond motifs is 4. The first-order chi connectivity index (χ1) is 13.5. The summed E-state index contributed by atoms with van der Waals surface area (Å²) in [4.78, 5) is 30.6. The largest absolute Gasteiger partial charge is 0.356 e. The summed E-state index contributed by atoms with van der Waals surface area (Å²) in [5.74, 6) is 1.36. The number of aromatic nitrogens is 2. The second-order valence-corrected chi connectivity index (χ2v) is 9.59. The molecule has 2 atom stereocenters. The molecule has 1 amide bonds. The Morgan fingerprint density at radius 3 is 2.93 bits per heavy atom. The van der Waals surface area contributed by atoms with Crippen LogP contribution in [0.15, 0.2) is 45.8 Å². The lowest BCUT2D eigenvalue weighted by molar-refractivity contribution is -0.113. The van der Waals surface area contributed by atoms with E-state index in [-0.39, 0.29) is 17.2 Å². The number of halogens is 1. The predicted molar refractivity (Wildman–Crippen MR) is 119 cm³/mol. The van der Waals surface area contributed by atoms with Gasteiger partial charge < -0.3 is 14.8 Å². The average Bonchev–Trinajstić information content (AvgIpc) is 2.68. The molecule has 28 heavy (non-hydrogen) atoms. The summed E-state index contributed by atoms with van der Waals surface area (Å²) < 4.78 is 3.51. The van der Waals surface area contributed by atoms with Crippen molar-refractivity contribution in [1.82, 2.24) is 14.5 Å². The maximum absolute atomic E-state index is 12.2. The normalized spacial score (nSPS) is 20.4. The number of piperidine rings is 1. The van der Waals surface area contributed by atoms with Crippen molar-refractivity contribution in [2.45, 2.75) is 18.9 Å². The van der Waals surface area contributed by atoms with Crippen LogP contribution in [0.1, 0.15) is 18.0 Å². The molecule has 4 heterocycles. The van der Waals surface area contributed by atoms with Crippen molar-refractivity contribution in [2.75, 3.05) is 24.2 Å².